The number of ether oxygens (including phenoxy) is 3. The summed E-state index contributed by atoms with van der Waals surface area (Å²) < 4.78 is 16.8. The summed E-state index contributed by atoms with van der Waals surface area (Å²) in [6.45, 7) is 5.63. The van der Waals surface area contributed by atoms with Crippen molar-refractivity contribution >= 4 is 23.7 Å². The number of hydrogen-bond donors (Lipinski definition) is 0. The first-order valence-corrected chi connectivity index (χ1v) is 14.5. The van der Waals surface area contributed by atoms with Crippen LogP contribution in [0, 0.1) is 5.92 Å². The molecule has 4 rings (SSSR count). The molecule has 0 bridgehead atoms. The zero-order valence-corrected chi connectivity index (χ0v) is 25.4. The molecule has 0 radical (unpaired) electrons. The Bertz CT molecular complexity index is 1170. The van der Waals surface area contributed by atoms with Gasteiger partial charge >= 0.3 is 12.1 Å². The third-order valence-electron chi connectivity index (χ3n) is 8.29. The summed E-state index contributed by atoms with van der Waals surface area (Å²) in [6.07, 6.45) is 4.72. The molecule has 2 fully saturated rings. The van der Waals surface area contributed by atoms with E-state index in [1.54, 1.807) is 20.8 Å². The molecule has 0 unspecified atom stereocenters. The first kappa shape index (κ1) is 30.2. The monoisotopic (exact) mass is 570 g/mol. The fourth-order valence-corrected chi connectivity index (χ4v) is 6.35. The predicted molar refractivity (Wildman–Crippen MR) is 157 cm³/mol. The number of esters is 1. The molecule has 1 saturated heterocycles. The second-order valence-corrected chi connectivity index (χ2v) is 12.7. The van der Waals surface area contributed by atoms with Gasteiger partial charge in [-0.2, -0.15) is 0 Å². The van der Waals surface area contributed by atoms with E-state index in [1.165, 1.54) is 17.6 Å². The lowest BCUT2D eigenvalue weighted by molar-refractivity contribution is -0.145. The SMILES string of the molecule is COC(=O)[C@@H]1C[C@H](Oc2ccc(Cl)c(C[C@H]3CC[C@](c4ccccc4)(N(C)C)CC3)c2)CN1C(=O)OC(C)(C)C. The van der Waals surface area contributed by atoms with Crippen molar-refractivity contribution < 1.29 is 23.8 Å². The lowest BCUT2D eigenvalue weighted by atomic mass is 9.70. The van der Waals surface area contributed by atoms with Gasteiger partial charge in [-0.05, 0) is 102 Å². The molecule has 2 atom stereocenters. The molecule has 2 aromatic carbocycles. The van der Waals surface area contributed by atoms with Crippen molar-refractivity contribution in [2.75, 3.05) is 27.7 Å². The van der Waals surface area contributed by atoms with Crippen molar-refractivity contribution in [2.45, 2.75) is 82.6 Å². The van der Waals surface area contributed by atoms with Gasteiger partial charge in [0.05, 0.1) is 13.7 Å². The molecule has 1 saturated carbocycles. The molecule has 0 aromatic heterocycles. The van der Waals surface area contributed by atoms with Crippen LogP contribution in [0.2, 0.25) is 5.02 Å². The molecule has 2 aliphatic rings. The van der Waals surface area contributed by atoms with E-state index in [0.717, 1.165) is 42.7 Å². The molecule has 218 valence electrons. The lowest BCUT2D eigenvalue weighted by Gasteiger charge is -2.45. The third-order valence-corrected chi connectivity index (χ3v) is 8.66. The van der Waals surface area contributed by atoms with E-state index in [1.807, 2.05) is 18.2 Å². The van der Waals surface area contributed by atoms with Crippen LogP contribution in [0.4, 0.5) is 4.79 Å². The first-order valence-electron chi connectivity index (χ1n) is 14.2. The number of carbonyl (C=O) groups excluding carboxylic acids is 2. The van der Waals surface area contributed by atoms with Gasteiger partial charge in [-0.25, -0.2) is 9.59 Å². The molecule has 1 amide bonds. The van der Waals surface area contributed by atoms with Gasteiger partial charge in [-0.3, -0.25) is 9.80 Å². The normalized spacial score (nSPS) is 25.1. The van der Waals surface area contributed by atoms with Crippen LogP contribution < -0.4 is 4.74 Å². The summed E-state index contributed by atoms with van der Waals surface area (Å²) >= 11 is 6.65. The number of halogens is 1. The quantitative estimate of drug-likeness (QED) is 0.356. The number of hydrogen-bond acceptors (Lipinski definition) is 6. The Balaban J connectivity index is 1.42. The molecule has 1 aliphatic heterocycles. The van der Waals surface area contributed by atoms with Gasteiger partial charge in [0.1, 0.15) is 23.5 Å². The number of amides is 1. The van der Waals surface area contributed by atoms with E-state index >= 15 is 0 Å². The van der Waals surface area contributed by atoms with Crippen molar-refractivity contribution in [1.29, 1.82) is 0 Å². The predicted octanol–water partition coefficient (Wildman–Crippen LogP) is 6.46. The largest absolute Gasteiger partial charge is 0.488 e. The third kappa shape index (κ3) is 6.92. The zero-order chi connectivity index (χ0) is 29.1. The van der Waals surface area contributed by atoms with Crippen molar-refractivity contribution in [2.24, 2.45) is 5.92 Å². The van der Waals surface area contributed by atoms with Gasteiger partial charge in [-0.15, -0.1) is 0 Å². The van der Waals surface area contributed by atoms with Gasteiger partial charge < -0.3 is 14.2 Å². The summed E-state index contributed by atoms with van der Waals surface area (Å²) in [7, 11) is 5.69. The van der Waals surface area contributed by atoms with Crippen LogP contribution in [0.5, 0.6) is 5.75 Å². The van der Waals surface area contributed by atoms with Gasteiger partial charge in [0.2, 0.25) is 0 Å². The maximum atomic E-state index is 12.8. The topological polar surface area (TPSA) is 68.3 Å². The smallest absolute Gasteiger partial charge is 0.411 e. The van der Waals surface area contributed by atoms with E-state index in [0.29, 0.717) is 18.1 Å². The van der Waals surface area contributed by atoms with Crippen molar-refractivity contribution in [3.8, 4) is 5.75 Å². The number of carbonyl (C=O) groups is 2. The molecule has 7 nitrogen and oxygen atoms in total. The molecular weight excluding hydrogens is 528 g/mol. The Morgan fingerprint density at radius 1 is 1.07 bits per heavy atom. The van der Waals surface area contributed by atoms with Crippen molar-refractivity contribution in [3.05, 3.63) is 64.7 Å². The van der Waals surface area contributed by atoms with Crippen molar-refractivity contribution in [3.63, 3.8) is 0 Å². The Hall–Kier alpha value is -2.77. The Morgan fingerprint density at radius 3 is 2.35 bits per heavy atom. The summed E-state index contributed by atoms with van der Waals surface area (Å²) in [4.78, 5) is 29.0. The van der Waals surface area contributed by atoms with Crippen LogP contribution in [0.1, 0.15) is 64.0 Å². The number of nitrogens with zero attached hydrogens (tertiary/aromatic N) is 2. The molecule has 1 aliphatic carbocycles. The van der Waals surface area contributed by atoms with Crippen LogP contribution in [0.15, 0.2) is 48.5 Å². The van der Waals surface area contributed by atoms with E-state index < -0.39 is 23.7 Å². The fraction of sp³-hybridized carbons (Fsp3) is 0.562. The standard InChI is InChI=1S/C32H43ClN2O5/c1-31(2,3)40-30(37)35-21-26(20-28(35)29(36)38-6)39-25-12-13-27(33)23(19-25)18-22-14-16-32(17-15-22,34(4)5)24-10-8-7-9-11-24/h7-13,19,22,26,28H,14-18,20-21H2,1-6H3/t22-,26-,28-,32-/m0/s1. The Kier molecular flexibility index (Phi) is 9.36. The summed E-state index contributed by atoms with van der Waals surface area (Å²) in [5.41, 5.74) is 1.83. The van der Waals surface area contributed by atoms with Crippen molar-refractivity contribution in [1.82, 2.24) is 9.80 Å². The molecule has 0 spiro atoms. The van der Waals surface area contributed by atoms with E-state index in [2.05, 4.69) is 49.3 Å². The second kappa shape index (κ2) is 12.4. The average molecular weight is 571 g/mol. The first-order chi connectivity index (χ1) is 18.9. The van der Waals surface area contributed by atoms with Crippen LogP contribution >= 0.6 is 11.6 Å². The van der Waals surface area contributed by atoms with Crippen LogP contribution in [-0.4, -0.2) is 67.4 Å². The van der Waals surface area contributed by atoms with E-state index in [-0.39, 0.29) is 18.2 Å². The molecular formula is C32H43ClN2O5. The number of methoxy groups -OCH3 is 1. The zero-order valence-electron chi connectivity index (χ0n) is 24.6. The molecule has 8 heteroatoms. The van der Waals surface area contributed by atoms with Gasteiger partial charge in [0, 0.05) is 17.0 Å². The van der Waals surface area contributed by atoms with Crippen LogP contribution in [-0.2, 0) is 26.2 Å². The minimum atomic E-state index is -0.750. The molecule has 40 heavy (non-hydrogen) atoms. The number of benzene rings is 2. The second-order valence-electron chi connectivity index (χ2n) is 12.3. The molecule has 2 aromatic rings. The Morgan fingerprint density at radius 2 is 1.75 bits per heavy atom. The maximum absolute atomic E-state index is 12.8. The highest BCUT2D eigenvalue weighted by atomic mass is 35.5. The van der Waals surface area contributed by atoms with E-state index in [4.69, 9.17) is 25.8 Å². The number of likely N-dealkylation sites (tertiary alicyclic amines) is 1. The molecule has 0 N–H and O–H groups in total. The minimum Gasteiger partial charge on any atom is -0.488 e. The van der Waals surface area contributed by atoms with Gasteiger partial charge in [-0.1, -0.05) is 41.9 Å². The summed E-state index contributed by atoms with van der Waals surface area (Å²) in [5.74, 6) is 0.736. The summed E-state index contributed by atoms with van der Waals surface area (Å²) in [6, 6.07) is 15.8. The van der Waals surface area contributed by atoms with Gasteiger partial charge in [0.25, 0.3) is 0 Å². The minimum absolute atomic E-state index is 0.0607. The van der Waals surface area contributed by atoms with Gasteiger partial charge in [0.15, 0.2) is 0 Å². The van der Waals surface area contributed by atoms with Crippen LogP contribution in [0.25, 0.3) is 0 Å². The van der Waals surface area contributed by atoms with Crippen LogP contribution in [0.3, 0.4) is 0 Å². The highest BCUT2D eigenvalue weighted by molar-refractivity contribution is 6.31. The highest BCUT2D eigenvalue weighted by Crippen LogP contribution is 2.44. The maximum Gasteiger partial charge on any atom is 0.411 e. The fourth-order valence-electron chi connectivity index (χ4n) is 6.15. The summed E-state index contributed by atoms with van der Waals surface area (Å²) in [5, 5.41) is 0.731. The average Bonchev–Trinajstić information content (AvgIpc) is 3.34. The highest BCUT2D eigenvalue weighted by Gasteiger charge is 2.43. The molecule has 1 heterocycles. The number of rotatable bonds is 7. The lowest BCUT2D eigenvalue weighted by Crippen LogP contribution is -2.44. The van der Waals surface area contributed by atoms with E-state index in [9.17, 15) is 9.59 Å². The Labute approximate surface area is 243 Å².